The van der Waals surface area contributed by atoms with Crippen LogP contribution in [0.3, 0.4) is 0 Å². The number of hydrazine groups is 1. The first kappa shape index (κ1) is 17.2. The van der Waals surface area contributed by atoms with Crippen molar-refractivity contribution in [2.24, 2.45) is 0 Å². The van der Waals surface area contributed by atoms with Crippen LogP contribution < -0.4 is 10.7 Å². The number of aromatic nitrogens is 1. The van der Waals surface area contributed by atoms with Crippen LogP contribution in [0.25, 0.3) is 10.6 Å². The number of thiophene rings is 1. The molecule has 1 aliphatic carbocycles. The van der Waals surface area contributed by atoms with Gasteiger partial charge in [-0.05, 0) is 24.3 Å². The average Bonchev–Trinajstić information content (AvgIpc) is 3.34. The molecule has 3 heterocycles. The number of carbonyl (C=O) groups is 3. The second kappa shape index (κ2) is 6.81. The highest BCUT2D eigenvalue weighted by molar-refractivity contribution is 7.14. The van der Waals surface area contributed by atoms with Gasteiger partial charge in [-0.15, -0.1) is 11.3 Å². The molecule has 1 spiro atoms. The lowest BCUT2D eigenvalue weighted by molar-refractivity contribution is -0.139. The first-order chi connectivity index (χ1) is 12.6. The highest BCUT2D eigenvalue weighted by atomic mass is 32.1. The zero-order valence-electron chi connectivity index (χ0n) is 14.0. The Kier molecular flexibility index (Phi) is 4.49. The molecule has 1 aliphatic heterocycles. The molecule has 2 aromatic rings. The van der Waals surface area contributed by atoms with Crippen LogP contribution in [0, 0.1) is 0 Å². The van der Waals surface area contributed by atoms with Crippen molar-refractivity contribution in [1.82, 2.24) is 20.7 Å². The Bertz CT molecular complexity index is 840. The van der Waals surface area contributed by atoms with Gasteiger partial charge in [0, 0.05) is 16.3 Å². The third-order valence-corrected chi connectivity index (χ3v) is 6.39. The Labute approximate surface area is 158 Å². The van der Waals surface area contributed by atoms with E-state index in [4.69, 9.17) is 0 Å². The topological polar surface area (TPSA) is 91.4 Å². The van der Waals surface area contributed by atoms with Crippen molar-refractivity contribution in [3.8, 4) is 10.6 Å². The molecule has 9 heteroatoms. The molecule has 0 atom stereocenters. The molecule has 136 valence electrons. The van der Waals surface area contributed by atoms with Crippen LogP contribution in [-0.2, 0) is 16.0 Å². The molecular weight excluding hydrogens is 372 g/mol. The van der Waals surface area contributed by atoms with E-state index in [1.54, 1.807) is 11.3 Å². The van der Waals surface area contributed by atoms with Gasteiger partial charge in [-0.1, -0.05) is 19.3 Å². The van der Waals surface area contributed by atoms with E-state index in [0.717, 1.165) is 34.8 Å². The van der Waals surface area contributed by atoms with Gasteiger partial charge in [-0.2, -0.15) is 16.3 Å². The van der Waals surface area contributed by atoms with E-state index in [9.17, 15) is 14.4 Å². The maximum absolute atomic E-state index is 12.7. The molecule has 0 aromatic carbocycles. The molecule has 2 fully saturated rings. The smallest absolute Gasteiger partial charge is 0.322 e. The lowest BCUT2D eigenvalue weighted by atomic mass is 9.82. The summed E-state index contributed by atoms with van der Waals surface area (Å²) in [6, 6.07) is 1.42. The fourth-order valence-corrected chi connectivity index (χ4v) is 4.98. The second-order valence-corrected chi connectivity index (χ2v) is 8.22. The average molecular weight is 390 g/mol. The largest absolute Gasteiger partial charge is 0.344 e. The summed E-state index contributed by atoms with van der Waals surface area (Å²) in [5.74, 6) is -0.781. The summed E-state index contributed by atoms with van der Waals surface area (Å²) in [5, 5.41) is 10.3. The molecule has 1 saturated heterocycles. The number of rotatable bonds is 4. The predicted octanol–water partition coefficient (Wildman–Crippen LogP) is 2.70. The van der Waals surface area contributed by atoms with Crippen molar-refractivity contribution in [2.45, 2.75) is 44.1 Å². The van der Waals surface area contributed by atoms with Crippen LogP contribution in [-0.4, -0.2) is 33.4 Å². The quantitative estimate of drug-likeness (QED) is 0.785. The van der Waals surface area contributed by atoms with E-state index in [0.29, 0.717) is 18.5 Å². The van der Waals surface area contributed by atoms with Gasteiger partial charge in [0.2, 0.25) is 5.91 Å². The molecule has 7 nitrogen and oxygen atoms in total. The van der Waals surface area contributed by atoms with E-state index >= 15 is 0 Å². The van der Waals surface area contributed by atoms with Crippen LogP contribution in [0.2, 0.25) is 0 Å². The summed E-state index contributed by atoms with van der Waals surface area (Å²) in [6.45, 7) is 0. The van der Waals surface area contributed by atoms with Crippen molar-refractivity contribution in [1.29, 1.82) is 0 Å². The number of hydrogen-bond donors (Lipinski definition) is 2. The molecular formula is C17H18N4O3S2. The molecule has 4 amide bonds. The fraction of sp³-hybridized carbons (Fsp3) is 0.412. The minimum Gasteiger partial charge on any atom is -0.322 e. The zero-order valence-corrected chi connectivity index (χ0v) is 15.6. The fourth-order valence-electron chi connectivity index (χ4n) is 3.45. The predicted molar refractivity (Wildman–Crippen MR) is 98.5 cm³/mol. The van der Waals surface area contributed by atoms with Crippen LogP contribution in [0.15, 0.2) is 22.2 Å². The Morgan fingerprint density at radius 1 is 1.27 bits per heavy atom. The summed E-state index contributed by atoms with van der Waals surface area (Å²) in [7, 11) is 0. The third-order valence-electron chi connectivity index (χ3n) is 4.77. The van der Waals surface area contributed by atoms with E-state index in [1.165, 1.54) is 11.3 Å². The summed E-state index contributed by atoms with van der Waals surface area (Å²) in [6.07, 6.45) is 4.13. The molecule has 0 radical (unpaired) electrons. The van der Waals surface area contributed by atoms with Gasteiger partial charge in [-0.3, -0.25) is 15.0 Å². The third kappa shape index (κ3) is 3.12. The van der Waals surface area contributed by atoms with Crippen molar-refractivity contribution in [2.75, 3.05) is 0 Å². The summed E-state index contributed by atoms with van der Waals surface area (Å²) >= 11 is 3.06. The Hall–Kier alpha value is -2.26. The Morgan fingerprint density at radius 3 is 2.81 bits per heavy atom. The molecule has 0 bridgehead atoms. The summed E-state index contributed by atoms with van der Waals surface area (Å²) in [5.41, 5.74) is 3.25. The van der Waals surface area contributed by atoms with Crippen LogP contribution in [0.5, 0.6) is 0 Å². The maximum Gasteiger partial charge on any atom is 0.344 e. The van der Waals surface area contributed by atoms with Crippen molar-refractivity contribution in [3.05, 3.63) is 27.9 Å². The van der Waals surface area contributed by atoms with Gasteiger partial charge < -0.3 is 5.32 Å². The van der Waals surface area contributed by atoms with Crippen molar-refractivity contribution in [3.63, 3.8) is 0 Å². The Balaban J connectivity index is 1.40. The molecule has 2 aliphatic rings. The normalized spacial score (nSPS) is 19.0. The van der Waals surface area contributed by atoms with Gasteiger partial charge in [0.1, 0.15) is 10.5 Å². The van der Waals surface area contributed by atoms with Crippen molar-refractivity contribution >= 4 is 40.5 Å². The van der Waals surface area contributed by atoms with E-state index < -0.39 is 17.5 Å². The van der Waals surface area contributed by atoms with Gasteiger partial charge in [-0.25, -0.2) is 9.78 Å². The number of hydrogen-bond acceptors (Lipinski definition) is 6. The molecule has 2 N–H and O–H groups in total. The second-order valence-electron chi connectivity index (χ2n) is 6.58. The van der Waals surface area contributed by atoms with Gasteiger partial charge in [0.05, 0.1) is 12.1 Å². The van der Waals surface area contributed by atoms with Gasteiger partial charge in [0.25, 0.3) is 5.91 Å². The monoisotopic (exact) mass is 390 g/mol. The molecule has 2 aromatic heterocycles. The standard InChI is InChI=1S/C17H18N4O3S2/c22-13(8-12-10-26-14(18-12)11-4-7-25-9-11)20-21-15(23)17(19-16(21)24)5-2-1-3-6-17/h4,7,9-10H,1-3,5-6,8H2,(H,19,24)(H,20,22). The Morgan fingerprint density at radius 2 is 2.08 bits per heavy atom. The number of nitrogens with one attached hydrogen (secondary N) is 2. The van der Waals surface area contributed by atoms with Gasteiger partial charge in [0.15, 0.2) is 0 Å². The van der Waals surface area contributed by atoms with E-state index in [2.05, 4.69) is 15.7 Å². The number of nitrogens with zero attached hydrogens (tertiary/aromatic N) is 2. The van der Waals surface area contributed by atoms with E-state index in [1.807, 2.05) is 22.2 Å². The number of imide groups is 1. The lowest BCUT2D eigenvalue weighted by Gasteiger charge is -2.30. The SMILES string of the molecule is O=C(Cc1csc(-c2ccsc2)n1)NN1C(=O)NC2(CCCCC2)C1=O. The van der Waals surface area contributed by atoms with Gasteiger partial charge >= 0.3 is 6.03 Å². The first-order valence-electron chi connectivity index (χ1n) is 8.51. The first-order valence-corrected chi connectivity index (χ1v) is 10.3. The van der Waals surface area contributed by atoms with Crippen molar-refractivity contribution < 1.29 is 14.4 Å². The number of amides is 4. The van der Waals surface area contributed by atoms with Crippen LogP contribution in [0.1, 0.15) is 37.8 Å². The summed E-state index contributed by atoms with van der Waals surface area (Å²) in [4.78, 5) is 41.6. The van der Waals surface area contributed by atoms with E-state index in [-0.39, 0.29) is 12.3 Å². The maximum atomic E-state index is 12.7. The number of urea groups is 1. The van der Waals surface area contributed by atoms with Crippen LogP contribution >= 0.6 is 22.7 Å². The number of carbonyl (C=O) groups excluding carboxylic acids is 3. The minimum atomic E-state index is -0.838. The highest BCUT2D eigenvalue weighted by Gasteiger charge is 2.52. The zero-order chi connectivity index (χ0) is 18.1. The molecule has 1 saturated carbocycles. The number of thiazole rings is 1. The highest BCUT2D eigenvalue weighted by Crippen LogP contribution is 2.33. The summed E-state index contributed by atoms with van der Waals surface area (Å²) < 4.78 is 0. The van der Waals surface area contributed by atoms with Crippen LogP contribution in [0.4, 0.5) is 4.79 Å². The molecule has 4 rings (SSSR count). The molecule has 0 unspecified atom stereocenters. The minimum absolute atomic E-state index is 0.0185. The lowest BCUT2D eigenvalue weighted by Crippen LogP contribution is -2.51. The molecule has 26 heavy (non-hydrogen) atoms.